The average molecular weight is 500 g/mol. The van der Waals surface area contributed by atoms with Gasteiger partial charge in [-0.1, -0.05) is 11.2 Å². The molecule has 2 aromatic heterocycles. The topological polar surface area (TPSA) is 89.6 Å². The number of nitrogens with one attached hydrogen (secondary N) is 1. The number of halogens is 4. The molecule has 0 amide bonds. The van der Waals surface area contributed by atoms with Crippen LogP contribution in [0, 0.1) is 5.82 Å². The van der Waals surface area contributed by atoms with Crippen LogP contribution in [-0.2, 0) is 30.6 Å². The first-order chi connectivity index (χ1) is 16.2. The predicted octanol–water partition coefficient (Wildman–Crippen LogP) is 3.52. The molecule has 0 saturated carbocycles. The molecule has 0 fully saturated rings. The minimum Gasteiger partial charge on any atom is -0.495 e. The quantitative estimate of drug-likeness (QED) is 0.502. The average Bonchev–Trinajstić information content (AvgIpc) is 3.30. The molecular formula is C21H20F4N4O4S. The minimum atomic E-state index is -4.43. The van der Waals surface area contributed by atoms with E-state index in [0.29, 0.717) is 30.0 Å². The Morgan fingerprint density at radius 3 is 2.74 bits per heavy atom. The van der Waals surface area contributed by atoms with E-state index in [-0.39, 0.29) is 23.5 Å². The molecule has 13 heteroatoms. The largest absolute Gasteiger partial charge is 0.495 e. The summed E-state index contributed by atoms with van der Waals surface area (Å²) in [6.07, 6.45) is -4.51. The second-order valence-electron chi connectivity index (χ2n) is 7.56. The van der Waals surface area contributed by atoms with Gasteiger partial charge >= 0.3 is 6.18 Å². The number of nitrogens with zero attached hydrogens (tertiary/aromatic N) is 3. The summed E-state index contributed by atoms with van der Waals surface area (Å²) in [4.78, 5) is 12.8. The first-order valence-corrected chi connectivity index (χ1v) is 11.3. The number of hydrogen-bond donors (Lipinski definition) is 1. The highest BCUT2D eigenvalue weighted by molar-refractivity contribution is 7.84. The third-order valence-corrected chi connectivity index (χ3v) is 6.53. The Bertz CT molecular complexity index is 1260. The summed E-state index contributed by atoms with van der Waals surface area (Å²) < 4.78 is 80.8. The standard InChI is InChI=1S/C21H20F4N4O4S/c1-32-18-10-13(4-7-21(23,24)25)15(22)11-17(18)29-16-5-8-28(12-14(16)2-3-20(29)30)34(31)27-19-6-9-33-26-19/h2-3,6,9-11H,4-5,7-8,12H2,1H3,(H,26,27). The van der Waals surface area contributed by atoms with E-state index in [1.165, 1.54) is 36.1 Å². The Hall–Kier alpha value is -3.19. The van der Waals surface area contributed by atoms with Crippen molar-refractivity contribution in [2.24, 2.45) is 0 Å². The van der Waals surface area contributed by atoms with E-state index in [2.05, 4.69) is 9.88 Å². The molecule has 34 heavy (non-hydrogen) atoms. The van der Waals surface area contributed by atoms with Gasteiger partial charge in [-0.05, 0) is 23.6 Å². The van der Waals surface area contributed by atoms with E-state index in [0.717, 1.165) is 6.07 Å². The van der Waals surface area contributed by atoms with Crippen LogP contribution in [-0.4, -0.2) is 38.1 Å². The molecule has 4 rings (SSSR count). The zero-order chi connectivity index (χ0) is 24.5. The lowest BCUT2D eigenvalue weighted by Gasteiger charge is -2.29. The van der Waals surface area contributed by atoms with Gasteiger partial charge in [0.2, 0.25) is 0 Å². The maximum Gasteiger partial charge on any atom is 0.389 e. The lowest BCUT2D eigenvalue weighted by atomic mass is 10.0. The van der Waals surface area contributed by atoms with Crippen molar-refractivity contribution in [2.75, 3.05) is 18.4 Å². The molecule has 0 spiro atoms. The molecule has 3 aromatic rings. The summed E-state index contributed by atoms with van der Waals surface area (Å²) in [6, 6.07) is 6.63. The third-order valence-electron chi connectivity index (χ3n) is 5.36. The molecule has 1 aromatic carbocycles. The number of ether oxygens (including phenoxy) is 1. The summed E-state index contributed by atoms with van der Waals surface area (Å²) in [5.74, 6) is -0.479. The van der Waals surface area contributed by atoms with E-state index >= 15 is 0 Å². The maximum absolute atomic E-state index is 14.7. The molecule has 1 unspecified atom stereocenters. The molecular weight excluding hydrogens is 480 g/mol. The molecule has 182 valence electrons. The summed E-state index contributed by atoms with van der Waals surface area (Å²) in [7, 11) is 1.30. The summed E-state index contributed by atoms with van der Waals surface area (Å²) in [5, 5.41) is 3.66. The van der Waals surface area contributed by atoms with Crippen molar-refractivity contribution in [2.45, 2.75) is 32.0 Å². The molecule has 1 atom stereocenters. The smallest absolute Gasteiger partial charge is 0.389 e. The van der Waals surface area contributed by atoms with Crippen molar-refractivity contribution in [3.63, 3.8) is 0 Å². The summed E-state index contributed by atoms with van der Waals surface area (Å²) in [5.41, 5.74) is 0.742. The van der Waals surface area contributed by atoms with Crippen molar-refractivity contribution in [1.29, 1.82) is 0 Å². The fraction of sp³-hybridized carbons (Fsp3) is 0.333. The predicted molar refractivity (Wildman–Crippen MR) is 115 cm³/mol. The lowest BCUT2D eigenvalue weighted by Crippen LogP contribution is -2.38. The van der Waals surface area contributed by atoms with Crippen molar-refractivity contribution >= 4 is 17.0 Å². The molecule has 0 bridgehead atoms. The molecule has 0 aliphatic carbocycles. The van der Waals surface area contributed by atoms with Crippen molar-refractivity contribution in [3.05, 3.63) is 69.6 Å². The van der Waals surface area contributed by atoms with Crippen LogP contribution in [0.1, 0.15) is 23.2 Å². The number of benzene rings is 1. The Kier molecular flexibility index (Phi) is 6.75. The second-order valence-corrected chi connectivity index (χ2v) is 8.78. The van der Waals surface area contributed by atoms with E-state index in [1.807, 2.05) is 0 Å². The van der Waals surface area contributed by atoms with Gasteiger partial charge < -0.3 is 9.26 Å². The zero-order valence-corrected chi connectivity index (χ0v) is 18.7. The first kappa shape index (κ1) is 24.0. The third kappa shape index (κ3) is 5.14. The number of rotatable bonds is 7. The Labute approximate surface area is 193 Å². The fourth-order valence-electron chi connectivity index (χ4n) is 3.75. The zero-order valence-electron chi connectivity index (χ0n) is 17.9. The van der Waals surface area contributed by atoms with Gasteiger partial charge in [-0.2, -0.15) is 13.2 Å². The maximum atomic E-state index is 14.7. The van der Waals surface area contributed by atoms with Gasteiger partial charge in [-0.25, -0.2) is 12.9 Å². The van der Waals surface area contributed by atoms with Crippen LogP contribution in [0.15, 0.2) is 45.9 Å². The first-order valence-electron chi connectivity index (χ1n) is 10.2. The number of aromatic nitrogens is 2. The van der Waals surface area contributed by atoms with Crippen LogP contribution >= 0.6 is 0 Å². The molecule has 0 radical (unpaired) electrons. The Morgan fingerprint density at radius 1 is 1.26 bits per heavy atom. The summed E-state index contributed by atoms with van der Waals surface area (Å²) in [6.45, 7) is 0.532. The van der Waals surface area contributed by atoms with Gasteiger partial charge in [0.1, 0.15) is 17.8 Å². The van der Waals surface area contributed by atoms with E-state index in [1.54, 1.807) is 10.4 Å². The van der Waals surface area contributed by atoms with Crippen LogP contribution in [0.4, 0.5) is 23.4 Å². The van der Waals surface area contributed by atoms with Gasteiger partial charge in [-0.15, -0.1) is 0 Å². The highest BCUT2D eigenvalue weighted by atomic mass is 32.2. The minimum absolute atomic E-state index is 0.0766. The van der Waals surface area contributed by atoms with Crippen LogP contribution in [0.3, 0.4) is 0 Å². The molecule has 0 saturated heterocycles. The molecule has 1 aliphatic heterocycles. The van der Waals surface area contributed by atoms with Crippen LogP contribution in [0.2, 0.25) is 0 Å². The number of fused-ring (bicyclic) bond motifs is 1. The van der Waals surface area contributed by atoms with Gasteiger partial charge in [0, 0.05) is 49.8 Å². The monoisotopic (exact) mass is 500 g/mol. The number of methoxy groups -OCH3 is 1. The van der Waals surface area contributed by atoms with Gasteiger partial charge in [0.05, 0.1) is 12.8 Å². The van der Waals surface area contributed by atoms with E-state index in [4.69, 9.17) is 9.26 Å². The molecule has 1 N–H and O–H groups in total. The van der Waals surface area contributed by atoms with Gasteiger partial charge in [0.25, 0.3) is 5.56 Å². The van der Waals surface area contributed by atoms with Crippen LogP contribution < -0.4 is 15.0 Å². The van der Waals surface area contributed by atoms with E-state index in [9.17, 15) is 26.6 Å². The van der Waals surface area contributed by atoms with Crippen molar-refractivity contribution in [1.82, 2.24) is 14.0 Å². The highest BCUT2D eigenvalue weighted by Gasteiger charge is 2.29. The van der Waals surface area contributed by atoms with Crippen LogP contribution in [0.5, 0.6) is 5.75 Å². The normalized spacial score (nSPS) is 15.1. The van der Waals surface area contributed by atoms with Gasteiger partial charge in [0.15, 0.2) is 17.0 Å². The second kappa shape index (κ2) is 9.58. The Morgan fingerprint density at radius 2 is 2.06 bits per heavy atom. The SMILES string of the molecule is COc1cc(CCC(F)(F)F)c(F)cc1-n1c2c(ccc1=O)CN(S(=O)Nc1ccon1)CC2. The number of hydrogen-bond acceptors (Lipinski definition) is 5. The molecule has 1 aliphatic rings. The van der Waals surface area contributed by atoms with Crippen LogP contribution in [0.25, 0.3) is 5.69 Å². The van der Waals surface area contributed by atoms with E-state index < -0.39 is 41.6 Å². The Balaban J connectivity index is 1.65. The molecule has 3 heterocycles. The fourth-order valence-corrected chi connectivity index (χ4v) is 4.68. The van der Waals surface area contributed by atoms with Gasteiger partial charge in [-0.3, -0.25) is 14.1 Å². The summed E-state index contributed by atoms with van der Waals surface area (Å²) >= 11 is -1.63. The van der Waals surface area contributed by atoms with Crippen molar-refractivity contribution < 1.29 is 31.0 Å². The number of anilines is 1. The van der Waals surface area contributed by atoms with Crippen molar-refractivity contribution in [3.8, 4) is 11.4 Å². The number of alkyl halides is 3. The molecule has 8 nitrogen and oxygen atoms in total. The highest BCUT2D eigenvalue weighted by Crippen LogP contribution is 2.31. The number of aryl methyl sites for hydroxylation is 1. The lowest BCUT2D eigenvalue weighted by molar-refractivity contribution is -0.134. The number of pyridine rings is 1.